The van der Waals surface area contributed by atoms with E-state index in [4.69, 9.17) is 9.97 Å². The third-order valence-electron chi connectivity index (χ3n) is 6.21. The lowest BCUT2D eigenvalue weighted by Crippen LogP contribution is -1.99. The van der Waals surface area contributed by atoms with Crippen molar-refractivity contribution in [3.63, 3.8) is 0 Å². The highest BCUT2D eigenvalue weighted by Gasteiger charge is 2.15. The Kier molecular flexibility index (Phi) is 3.52. The van der Waals surface area contributed by atoms with Crippen molar-refractivity contribution in [3.05, 3.63) is 109 Å². The summed E-state index contributed by atoms with van der Waals surface area (Å²) in [6.45, 7) is 0. The molecule has 4 heteroatoms. The second kappa shape index (κ2) is 6.53. The highest BCUT2D eigenvalue weighted by molar-refractivity contribution is 6.09. The summed E-state index contributed by atoms with van der Waals surface area (Å²) in [6.07, 6.45) is 3.72. The van der Waals surface area contributed by atoms with Crippen LogP contribution >= 0.6 is 0 Å². The van der Waals surface area contributed by atoms with Crippen molar-refractivity contribution < 1.29 is 0 Å². The fourth-order valence-electron chi connectivity index (χ4n) is 4.89. The lowest BCUT2D eigenvalue weighted by Gasteiger charge is -2.11. The zero-order valence-electron chi connectivity index (χ0n) is 17.2. The monoisotopic (exact) mass is 410 g/mol. The first-order valence-electron chi connectivity index (χ1n) is 10.7. The average Bonchev–Trinajstić information content (AvgIpc) is 3.37. The van der Waals surface area contributed by atoms with E-state index >= 15 is 0 Å². The van der Waals surface area contributed by atoms with Crippen LogP contribution in [0.2, 0.25) is 0 Å². The van der Waals surface area contributed by atoms with Crippen LogP contribution in [0.25, 0.3) is 55.2 Å². The van der Waals surface area contributed by atoms with Crippen LogP contribution in [0.4, 0.5) is 0 Å². The number of aromatic nitrogens is 4. The van der Waals surface area contributed by atoms with Gasteiger partial charge in [-0.05, 0) is 54.6 Å². The molecule has 0 unspecified atom stereocenters. The minimum absolute atomic E-state index is 0.964. The van der Waals surface area contributed by atoms with E-state index < -0.39 is 0 Å². The van der Waals surface area contributed by atoms with Gasteiger partial charge >= 0.3 is 0 Å². The summed E-state index contributed by atoms with van der Waals surface area (Å²) in [6, 6.07) is 33.9. The van der Waals surface area contributed by atoms with Gasteiger partial charge in [0.15, 0.2) is 0 Å². The maximum absolute atomic E-state index is 4.73. The molecule has 0 spiro atoms. The van der Waals surface area contributed by atoms with Crippen LogP contribution in [0, 0.1) is 0 Å². The number of nitrogens with zero attached hydrogens (tertiary/aromatic N) is 4. The van der Waals surface area contributed by atoms with Crippen molar-refractivity contribution in [1.29, 1.82) is 0 Å². The van der Waals surface area contributed by atoms with Crippen molar-refractivity contribution >= 4 is 43.9 Å². The summed E-state index contributed by atoms with van der Waals surface area (Å²) >= 11 is 0. The highest BCUT2D eigenvalue weighted by Crippen LogP contribution is 2.33. The van der Waals surface area contributed by atoms with Gasteiger partial charge in [0.2, 0.25) is 0 Å². The molecule has 0 aliphatic heterocycles. The van der Waals surface area contributed by atoms with Crippen LogP contribution in [0.1, 0.15) is 0 Å². The van der Waals surface area contributed by atoms with Gasteiger partial charge < -0.3 is 0 Å². The van der Waals surface area contributed by atoms with E-state index in [0.29, 0.717) is 0 Å². The number of rotatable bonds is 2. The third kappa shape index (κ3) is 2.32. The Balaban J connectivity index is 1.55. The SMILES string of the molecule is c1cc(-n2c3ccccc3c3cccnc32)cc(-n2c3ccccc3c3cccnc32)c1. The molecule has 32 heavy (non-hydrogen) atoms. The molecule has 0 fully saturated rings. The summed E-state index contributed by atoms with van der Waals surface area (Å²) in [5, 5.41) is 4.73. The van der Waals surface area contributed by atoms with E-state index in [9.17, 15) is 0 Å². The maximum atomic E-state index is 4.73. The van der Waals surface area contributed by atoms with Gasteiger partial charge in [-0.25, -0.2) is 9.97 Å². The van der Waals surface area contributed by atoms with Gasteiger partial charge in [0.05, 0.1) is 11.0 Å². The molecule has 0 saturated heterocycles. The van der Waals surface area contributed by atoms with Gasteiger partial charge in [0.1, 0.15) is 11.3 Å². The number of pyridine rings is 2. The molecule has 3 aromatic carbocycles. The van der Waals surface area contributed by atoms with Gasteiger partial charge in [0, 0.05) is 45.3 Å². The zero-order chi connectivity index (χ0) is 21.1. The van der Waals surface area contributed by atoms with Crippen LogP contribution in [-0.4, -0.2) is 19.1 Å². The second-order valence-corrected chi connectivity index (χ2v) is 7.97. The number of benzene rings is 3. The van der Waals surface area contributed by atoms with E-state index in [0.717, 1.165) is 44.5 Å². The highest BCUT2D eigenvalue weighted by atomic mass is 15.1. The maximum Gasteiger partial charge on any atom is 0.145 e. The second-order valence-electron chi connectivity index (χ2n) is 7.97. The molecule has 0 amide bonds. The summed E-state index contributed by atoms with van der Waals surface area (Å²) < 4.78 is 4.49. The minimum Gasteiger partial charge on any atom is -0.294 e. The fourth-order valence-corrected chi connectivity index (χ4v) is 4.89. The first-order valence-corrected chi connectivity index (χ1v) is 10.7. The van der Waals surface area contributed by atoms with Crippen LogP contribution in [0.5, 0.6) is 0 Å². The van der Waals surface area contributed by atoms with Crippen molar-refractivity contribution in [2.75, 3.05) is 0 Å². The molecule has 0 aliphatic carbocycles. The number of hydrogen-bond acceptors (Lipinski definition) is 2. The number of para-hydroxylation sites is 2. The molecule has 0 atom stereocenters. The first-order chi connectivity index (χ1) is 15.9. The van der Waals surface area contributed by atoms with Crippen molar-refractivity contribution in [3.8, 4) is 11.4 Å². The summed E-state index contributed by atoms with van der Waals surface area (Å²) in [5.74, 6) is 0. The Morgan fingerprint density at radius 1 is 0.438 bits per heavy atom. The standard InChI is InChI=1S/C28H18N4/c1-3-14-25-21(10-1)23-12-6-16-29-27(23)31(25)19-8-5-9-20(18-19)32-26-15-4-2-11-22(26)24-13-7-17-30-28(24)32/h1-18H. The molecule has 0 saturated carbocycles. The van der Waals surface area contributed by atoms with E-state index in [2.05, 4.69) is 94.1 Å². The molecular formula is C28H18N4. The average molecular weight is 410 g/mol. The number of hydrogen-bond donors (Lipinski definition) is 0. The molecule has 0 bridgehead atoms. The predicted octanol–water partition coefficient (Wildman–Crippen LogP) is 6.67. The Hall–Kier alpha value is -4.44. The Bertz CT molecular complexity index is 1550. The van der Waals surface area contributed by atoms with Crippen LogP contribution < -0.4 is 0 Å². The van der Waals surface area contributed by atoms with Crippen LogP contribution in [-0.2, 0) is 0 Å². The molecule has 4 heterocycles. The smallest absolute Gasteiger partial charge is 0.145 e. The molecule has 4 aromatic heterocycles. The molecule has 0 N–H and O–H groups in total. The Morgan fingerprint density at radius 2 is 0.906 bits per heavy atom. The summed E-state index contributed by atoms with van der Waals surface area (Å²) in [5.41, 5.74) is 6.39. The van der Waals surface area contributed by atoms with Gasteiger partial charge in [0.25, 0.3) is 0 Å². The minimum atomic E-state index is 0.964. The summed E-state index contributed by atoms with van der Waals surface area (Å²) in [4.78, 5) is 9.46. The number of fused-ring (bicyclic) bond motifs is 6. The Labute approximate surface area is 184 Å². The van der Waals surface area contributed by atoms with Crippen molar-refractivity contribution in [2.24, 2.45) is 0 Å². The molecule has 7 rings (SSSR count). The lowest BCUT2D eigenvalue weighted by atomic mass is 10.2. The predicted molar refractivity (Wildman–Crippen MR) is 131 cm³/mol. The topological polar surface area (TPSA) is 35.6 Å². The van der Waals surface area contributed by atoms with Crippen LogP contribution in [0.3, 0.4) is 0 Å². The lowest BCUT2D eigenvalue weighted by molar-refractivity contribution is 1.10. The third-order valence-corrected chi connectivity index (χ3v) is 6.21. The zero-order valence-corrected chi connectivity index (χ0v) is 17.2. The van der Waals surface area contributed by atoms with Gasteiger partial charge in [-0.1, -0.05) is 42.5 Å². The molecular weight excluding hydrogens is 392 g/mol. The molecule has 150 valence electrons. The van der Waals surface area contributed by atoms with E-state index in [1.54, 1.807) is 0 Å². The molecule has 0 aliphatic rings. The van der Waals surface area contributed by atoms with E-state index in [1.165, 1.54) is 10.8 Å². The largest absolute Gasteiger partial charge is 0.294 e. The van der Waals surface area contributed by atoms with Crippen molar-refractivity contribution in [1.82, 2.24) is 19.1 Å². The molecule has 7 aromatic rings. The fraction of sp³-hybridized carbons (Fsp3) is 0. The normalized spacial score (nSPS) is 11.8. The van der Waals surface area contributed by atoms with Gasteiger partial charge in [-0.2, -0.15) is 0 Å². The van der Waals surface area contributed by atoms with Gasteiger partial charge in [-0.15, -0.1) is 0 Å². The van der Waals surface area contributed by atoms with E-state index in [-0.39, 0.29) is 0 Å². The Morgan fingerprint density at radius 3 is 1.44 bits per heavy atom. The van der Waals surface area contributed by atoms with Crippen molar-refractivity contribution in [2.45, 2.75) is 0 Å². The molecule has 0 radical (unpaired) electrons. The first kappa shape index (κ1) is 17.3. The van der Waals surface area contributed by atoms with E-state index in [1.807, 2.05) is 24.5 Å². The quantitative estimate of drug-likeness (QED) is 0.319. The van der Waals surface area contributed by atoms with Gasteiger partial charge in [-0.3, -0.25) is 9.13 Å². The molecule has 4 nitrogen and oxygen atoms in total. The van der Waals surface area contributed by atoms with Crippen LogP contribution in [0.15, 0.2) is 109 Å². The summed E-state index contributed by atoms with van der Waals surface area (Å²) in [7, 11) is 0.